The highest BCUT2D eigenvalue weighted by Gasteiger charge is 2.56. The van der Waals surface area contributed by atoms with Crippen LogP contribution in [0.3, 0.4) is 0 Å². The molecule has 3 heteroatoms. The highest BCUT2D eigenvalue weighted by Crippen LogP contribution is 2.63. The van der Waals surface area contributed by atoms with Crippen LogP contribution in [0.5, 0.6) is 0 Å². The molecule has 2 unspecified atom stereocenters. The van der Waals surface area contributed by atoms with Crippen molar-refractivity contribution in [3.8, 4) is 0 Å². The minimum atomic E-state index is 0.622. The van der Waals surface area contributed by atoms with Crippen molar-refractivity contribution in [2.75, 3.05) is 5.73 Å². The van der Waals surface area contributed by atoms with Gasteiger partial charge >= 0.3 is 0 Å². The van der Waals surface area contributed by atoms with Gasteiger partial charge < -0.3 is 10.3 Å². The van der Waals surface area contributed by atoms with Gasteiger partial charge in [0.05, 0.1) is 0 Å². The number of hydrogen-bond donors (Lipinski definition) is 1. The average molecular weight is 206 g/mol. The lowest BCUT2D eigenvalue weighted by atomic mass is 10.0. The fourth-order valence-corrected chi connectivity index (χ4v) is 3.31. The molecule has 3 rings (SSSR count). The molecule has 2 aliphatic rings. The van der Waals surface area contributed by atoms with Gasteiger partial charge in [-0.3, -0.25) is 0 Å². The van der Waals surface area contributed by atoms with Gasteiger partial charge in [0.1, 0.15) is 5.76 Å². The molecule has 2 aliphatic carbocycles. The number of nitrogen functional groups attached to an aromatic ring is 1. The maximum Gasteiger partial charge on any atom is 0.170 e. The molecule has 0 aliphatic heterocycles. The number of anilines is 1. The standard InChI is InChI=1S/C12H18N2O/c1-2-4-9-11(15-14-12(9)13)10-7-5-3-6-8(7)10/h7-8,10H,2-6H2,1H3,(H2,13,14). The monoisotopic (exact) mass is 206 g/mol. The van der Waals surface area contributed by atoms with E-state index in [2.05, 4.69) is 12.1 Å². The van der Waals surface area contributed by atoms with Gasteiger partial charge in [-0.05, 0) is 31.1 Å². The van der Waals surface area contributed by atoms with E-state index in [4.69, 9.17) is 10.3 Å². The first kappa shape index (κ1) is 9.25. The molecular weight excluding hydrogens is 188 g/mol. The van der Waals surface area contributed by atoms with E-state index in [0.717, 1.165) is 30.4 Å². The molecule has 0 bridgehead atoms. The van der Waals surface area contributed by atoms with E-state index in [9.17, 15) is 0 Å². The van der Waals surface area contributed by atoms with Crippen molar-refractivity contribution in [3.05, 3.63) is 11.3 Å². The molecule has 0 radical (unpaired) electrons. The predicted molar refractivity (Wildman–Crippen MR) is 58.5 cm³/mol. The number of nitrogens with zero attached hydrogens (tertiary/aromatic N) is 1. The lowest BCUT2D eigenvalue weighted by Gasteiger charge is -2.02. The van der Waals surface area contributed by atoms with Crippen molar-refractivity contribution in [2.24, 2.45) is 11.8 Å². The van der Waals surface area contributed by atoms with Crippen molar-refractivity contribution >= 4 is 5.82 Å². The van der Waals surface area contributed by atoms with E-state index in [1.54, 1.807) is 0 Å². The Hall–Kier alpha value is -0.990. The molecule has 3 nitrogen and oxygen atoms in total. The van der Waals surface area contributed by atoms with Gasteiger partial charge in [-0.15, -0.1) is 0 Å². The van der Waals surface area contributed by atoms with Crippen LogP contribution in [-0.4, -0.2) is 5.16 Å². The minimum absolute atomic E-state index is 0.622. The Morgan fingerprint density at radius 3 is 2.80 bits per heavy atom. The van der Waals surface area contributed by atoms with E-state index >= 15 is 0 Å². The summed E-state index contributed by atoms with van der Waals surface area (Å²) in [5.74, 6) is 4.16. The van der Waals surface area contributed by atoms with Crippen LogP contribution in [0.2, 0.25) is 0 Å². The summed E-state index contributed by atoms with van der Waals surface area (Å²) in [4.78, 5) is 0. The summed E-state index contributed by atoms with van der Waals surface area (Å²) in [6, 6.07) is 0. The molecule has 2 N–H and O–H groups in total. The third-order valence-corrected chi connectivity index (χ3v) is 4.06. The van der Waals surface area contributed by atoms with Crippen molar-refractivity contribution in [1.29, 1.82) is 0 Å². The molecule has 82 valence electrons. The van der Waals surface area contributed by atoms with Gasteiger partial charge in [0.2, 0.25) is 0 Å². The summed E-state index contributed by atoms with van der Waals surface area (Å²) in [5.41, 5.74) is 7.03. The van der Waals surface area contributed by atoms with Gasteiger partial charge in [0, 0.05) is 11.5 Å². The second kappa shape index (κ2) is 3.26. The van der Waals surface area contributed by atoms with Crippen LogP contribution in [0, 0.1) is 11.8 Å². The number of rotatable bonds is 3. The first-order chi connectivity index (χ1) is 7.33. The summed E-state index contributed by atoms with van der Waals surface area (Å²) >= 11 is 0. The third kappa shape index (κ3) is 1.29. The highest BCUT2D eigenvalue weighted by atomic mass is 16.5. The average Bonchev–Trinajstić information content (AvgIpc) is 2.64. The molecule has 1 heterocycles. The summed E-state index contributed by atoms with van der Waals surface area (Å²) in [6.45, 7) is 2.17. The Bertz CT molecular complexity index is 362. The zero-order chi connectivity index (χ0) is 10.4. The van der Waals surface area contributed by atoms with Crippen LogP contribution in [0.15, 0.2) is 4.52 Å². The minimum Gasteiger partial charge on any atom is -0.381 e. The van der Waals surface area contributed by atoms with Gasteiger partial charge in [0.25, 0.3) is 0 Å². The second-order valence-electron chi connectivity index (χ2n) is 4.95. The largest absolute Gasteiger partial charge is 0.381 e. The van der Waals surface area contributed by atoms with Crippen molar-refractivity contribution in [3.63, 3.8) is 0 Å². The summed E-state index contributed by atoms with van der Waals surface area (Å²) in [7, 11) is 0. The number of hydrogen-bond acceptors (Lipinski definition) is 3. The van der Waals surface area contributed by atoms with Gasteiger partial charge in [-0.1, -0.05) is 24.9 Å². The van der Waals surface area contributed by atoms with Gasteiger partial charge in [-0.25, -0.2) is 0 Å². The molecule has 0 saturated heterocycles. The Balaban J connectivity index is 1.86. The lowest BCUT2D eigenvalue weighted by Crippen LogP contribution is -1.95. The zero-order valence-corrected chi connectivity index (χ0v) is 9.20. The van der Waals surface area contributed by atoms with Crippen molar-refractivity contribution in [1.82, 2.24) is 5.16 Å². The number of nitrogens with two attached hydrogens (primary N) is 1. The van der Waals surface area contributed by atoms with E-state index < -0.39 is 0 Å². The molecule has 1 aromatic rings. The lowest BCUT2D eigenvalue weighted by molar-refractivity contribution is 0.373. The first-order valence-corrected chi connectivity index (χ1v) is 6.06. The first-order valence-electron chi connectivity index (χ1n) is 6.06. The molecule has 2 atom stereocenters. The second-order valence-corrected chi connectivity index (χ2v) is 4.95. The number of aromatic nitrogens is 1. The fourth-order valence-electron chi connectivity index (χ4n) is 3.31. The number of fused-ring (bicyclic) bond motifs is 1. The highest BCUT2D eigenvalue weighted by molar-refractivity contribution is 5.44. The van der Waals surface area contributed by atoms with Crippen molar-refractivity contribution in [2.45, 2.75) is 44.9 Å². The molecule has 2 fully saturated rings. The Kier molecular flexibility index (Phi) is 2.01. The van der Waals surface area contributed by atoms with Crippen LogP contribution in [0.25, 0.3) is 0 Å². The maximum atomic E-state index is 5.84. The summed E-state index contributed by atoms with van der Waals surface area (Å²) in [6.07, 6.45) is 6.28. The molecular formula is C12H18N2O. The smallest absolute Gasteiger partial charge is 0.170 e. The predicted octanol–water partition coefficient (Wildman–Crippen LogP) is 2.72. The fraction of sp³-hybridized carbons (Fsp3) is 0.750. The van der Waals surface area contributed by atoms with E-state index in [1.807, 2.05) is 0 Å². The van der Waals surface area contributed by atoms with Crippen LogP contribution < -0.4 is 5.73 Å². The van der Waals surface area contributed by atoms with Crippen LogP contribution in [0.4, 0.5) is 5.82 Å². The normalized spacial score (nSPS) is 33.0. The molecule has 2 saturated carbocycles. The van der Waals surface area contributed by atoms with Crippen LogP contribution in [-0.2, 0) is 6.42 Å². The van der Waals surface area contributed by atoms with E-state index in [-0.39, 0.29) is 0 Å². The SMILES string of the molecule is CCCc1c(N)noc1C1C2CCCC21. The van der Waals surface area contributed by atoms with E-state index in [1.165, 1.54) is 24.8 Å². The quantitative estimate of drug-likeness (QED) is 0.827. The summed E-state index contributed by atoms with van der Waals surface area (Å²) in [5, 5.41) is 3.93. The summed E-state index contributed by atoms with van der Waals surface area (Å²) < 4.78 is 5.43. The van der Waals surface area contributed by atoms with Crippen LogP contribution in [0.1, 0.15) is 49.8 Å². The Morgan fingerprint density at radius 1 is 1.40 bits per heavy atom. The van der Waals surface area contributed by atoms with Gasteiger partial charge in [-0.2, -0.15) is 0 Å². The molecule has 0 spiro atoms. The van der Waals surface area contributed by atoms with Crippen LogP contribution >= 0.6 is 0 Å². The molecule has 0 amide bonds. The van der Waals surface area contributed by atoms with E-state index in [0.29, 0.717) is 11.7 Å². The van der Waals surface area contributed by atoms with Gasteiger partial charge in [0.15, 0.2) is 5.82 Å². The topological polar surface area (TPSA) is 52.0 Å². The molecule has 0 aromatic carbocycles. The molecule has 15 heavy (non-hydrogen) atoms. The van der Waals surface area contributed by atoms with Crippen molar-refractivity contribution < 1.29 is 4.52 Å². The zero-order valence-electron chi connectivity index (χ0n) is 9.20. The Labute approximate surface area is 90.0 Å². The third-order valence-electron chi connectivity index (χ3n) is 4.06. The molecule has 1 aromatic heterocycles. The Morgan fingerprint density at radius 2 is 2.13 bits per heavy atom. The maximum absolute atomic E-state index is 5.84.